The van der Waals surface area contributed by atoms with Gasteiger partial charge in [-0.1, -0.05) is 30.3 Å². The molecule has 1 fully saturated rings. The summed E-state index contributed by atoms with van der Waals surface area (Å²) in [5.74, 6) is 0.866. The van der Waals surface area contributed by atoms with Gasteiger partial charge in [0.05, 0.1) is 28.9 Å². The first-order valence-electron chi connectivity index (χ1n) is 9.13. The van der Waals surface area contributed by atoms with Gasteiger partial charge in [0.25, 0.3) is 0 Å². The maximum absolute atomic E-state index is 5.93. The summed E-state index contributed by atoms with van der Waals surface area (Å²) in [6.07, 6.45) is 4.09. The van der Waals surface area contributed by atoms with Gasteiger partial charge in [-0.25, -0.2) is 0 Å². The van der Waals surface area contributed by atoms with Gasteiger partial charge < -0.3 is 9.47 Å². The van der Waals surface area contributed by atoms with E-state index in [2.05, 4.69) is 55.3 Å². The summed E-state index contributed by atoms with van der Waals surface area (Å²) in [5, 5.41) is 8.55. The van der Waals surface area contributed by atoms with Crippen LogP contribution >= 0.6 is 15.9 Å². The molecule has 140 valence electrons. The van der Waals surface area contributed by atoms with Crippen LogP contribution in [0.5, 0.6) is 5.75 Å². The van der Waals surface area contributed by atoms with Crippen LogP contribution in [0.4, 0.5) is 0 Å². The quantitative estimate of drug-likeness (QED) is 0.639. The number of morpholine rings is 1. The molecule has 2 heterocycles. The molecule has 0 saturated carbocycles. The number of ether oxygens (including phenoxy) is 2. The minimum Gasteiger partial charge on any atom is -0.491 e. The fourth-order valence-corrected chi connectivity index (χ4v) is 3.65. The average molecular weight is 428 g/mol. The van der Waals surface area contributed by atoms with Crippen molar-refractivity contribution in [1.29, 1.82) is 0 Å². The summed E-state index contributed by atoms with van der Waals surface area (Å²) < 4.78 is 12.3. The van der Waals surface area contributed by atoms with Crippen molar-refractivity contribution in [1.82, 2.24) is 15.1 Å². The number of nitrogens with zero attached hydrogens (tertiary/aromatic N) is 2. The van der Waals surface area contributed by atoms with Gasteiger partial charge in [0, 0.05) is 25.0 Å². The van der Waals surface area contributed by atoms with Crippen LogP contribution in [-0.4, -0.2) is 54.6 Å². The van der Waals surface area contributed by atoms with Crippen molar-refractivity contribution in [2.45, 2.75) is 0 Å². The molecule has 2 aromatic carbocycles. The Bertz CT molecular complexity index is 932. The number of para-hydroxylation sites is 1. The van der Waals surface area contributed by atoms with Crippen LogP contribution in [0.25, 0.3) is 23.1 Å². The highest BCUT2D eigenvalue weighted by molar-refractivity contribution is 9.10. The van der Waals surface area contributed by atoms with Crippen LogP contribution in [-0.2, 0) is 4.74 Å². The van der Waals surface area contributed by atoms with Crippen molar-refractivity contribution in [3.05, 3.63) is 58.2 Å². The maximum Gasteiger partial charge on any atom is 0.133 e. The second-order valence-electron chi connectivity index (χ2n) is 6.48. The number of hydrogen-bond donors (Lipinski definition) is 1. The van der Waals surface area contributed by atoms with Gasteiger partial charge >= 0.3 is 0 Å². The molecule has 3 aromatic rings. The minimum atomic E-state index is 0.674. The molecule has 0 spiro atoms. The lowest BCUT2D eigenvalue weighted by Crippen LogP contribution is -2.38. The molecule has 0 atom stereocenters. The minimum absolute atomic E-state index is 0.674. The van der Waals surface area contributed by atoms with Gasteiger partial charge in [-0.2, -0.15) is 5.10 Å². The third kappa shape index (κ3) is 4.58. The van der Waals surface area contributed by atoms with Crippen LogP contribution < -0.4 is 4.74 Å². The first-order valence-corrected chi connectivity index (χ1v) is 9.92. The molecule has 5 nitrogen and oxygen atoms in total. The number of H-pyrrole nitrogens is 1. The highest BCUT2D eigenvalue weighted by Gasteiger charge is 2.10. The van der Waals surface area contributed by atoms with E-state index in [9.17, 15) is 0 Å². The molecule has 1 N–H and O–H groups in total. The van der Waals surface area contributed by atoms with E-state index in [1.807, 2.05) is 30.3 Å². The normalized spacial score (nSPS) is 15.6. The lowest BCUT2D eigenvalue weighted by atomic mass is 10.1. The van der Waals surface area contributed by atoms with Gasteiger partial charge in [-0.15, -0.1) is 0 Å². The Hall–Kier alpha value is -2.15. The third-order valence-electron chi connectivity index (χ3n) is 4.66. The number of fused-ring (bicyclic) bond motifs is 1. The number of rotatable bonds is 6. The molecule has 6 heteroatoms. The molecule has 0 unspecified atom stereocenters. The SMILES string of the molecule is Brc1cc(/C=C/c2n[nH]c3ccccc23)ccc1OCCN1CCOCC1. The number of halogens is 1. The van der Waals surface area contributed by atoms with Crippen LogP contribution in [0.2, 0.25) is 0 Å². The molecule has 27 heavy (non-hydrogen) atoms. The number of aromatic amines is 1. The predicted octanol–water partition coefficient (Wildman–Crippen LogP) is 4.21. The molecular weight excluding hydrogens is 406 g/mol. The Morgan fingerprint density at radius 3 is 2.85 bits per heavy atom. The van der Waals surface area contributed by atoms with Crippen molar-refractivity contribution in [3.63, 3.8) is 0 Å². The molecule has 0 radical (unpaired) electrons. The molecule has 1 aliphatic rings. The lowest BCUT2D eigenvalue weighted by molar-refractivity contribution is 0.0322. The van der Waals surface area contributed by atoms with Gasteiger partial charge in [-0.3, -0.25) is 10.00 Å². The van der Waals surface area contributed by atoms with E-state index < -0.39 is 0 Å². The second-order valence-corrected chi connectivity index (χ2v) is 7.33. The average Bonchev–Trinajstić information content (AvgIpc) is 3.12. The first-order chi connectivity index (χ1) is 13.3. The molecule has 1 aliphatic heterocycles. The summed E-state index contributed by atoms with van der Waals surface area (Å²) in [4.78, 5) is 2.36. The van der Waals surface area contributed by atoms with Crippen molar-refractivity contribution in [3.8, 4) is 5.75 Å². The Morgan fingerprint density at radius 1 is 1.15 bits per heavy atom. The van der Waals surface area contributed by atoms with E-state index in [0.29, 0.717) is 6.61 Å². The second kappa shape index (κ2) is 8.69. The zero-order chi connectivity index (χ0) is 18.5. The Balaban J connectivity index is 1.37. The number of benzene rings is 2. The van der Waals surface area contributed by atoms with E-state index in [0.717, 1.165) is 65.2 Å². The third-order valence-corrected chi connectivity index (χ3v) is 5.28. The first kappa shape index (κ1) is 18.2. The van der Waals surface area contributed by atoms with Crippen LogP contribution in [0.15, 0.2) is 46.9 Å². The number of hydrogen-bond acceptors (Lipinski definition) is 4. The summed E-state index contributed by atoms with van der Waals surface area (Å²) >= 11 is 3.62. The Morgan fingerprint density at radius 2 is 2.00 bits per heavy atom. The largest absolute Gasteiger partial charge is 0.491 e. The summed E-state index contributed by atoms with van der Waals surface area (Å²) in [7, 11) is 0. The molecule has 1 saturated heterocycles. The van der Waals surface area contributed by atoms with Crippen LogP contribution in [0.3, 0.4) is 0 Å². The molecule has 1 aromatic heterocycles. The molecule has 0 aliphatic carbocycles. The fraction of sp³-hybridized carbons (Fsp3) is 0.286. The van der Waals surface area contributed by atoms with E-state index in [4.69, 9.17) is 9.47 Å². The topological polar surface area (TPSA) is 50.4 Å². The fourth-order valence-electron chi connectivity index (χ4n) is 3.13. The van der Waals surface area contributed by atoms with Gasteiger partial charge in [0.1, 0.15) is 12.4 Å². The number of nitrogens with one attached hydrogen (secondary N) is 1. The highest BCUT2D eigenvalue weighted by atomic mass is 79.9. The van der Waals surface area contributed by atoms with Gasteiger partial charge in [-0.05, 0) is 45.8 Å². The summed E-state index contributed by atoms with van der Waals surface area (Å²) in [6.45, 7) is 5.19. The van der Waals surface area contributed by atoms with Crippen molar-refractivity contribution >= 4 is 39.0 Å². The maximum atomic E-state index is 5.93. The Labute approximate surface area is 167 Å². The highest BCUT2D eigenvalue weighted by Crippen LogP contribution is 2.27. The van der Waals surface area contributed by atoms with Crippen molar-refractivity contribution < 1.29 is 9.47 Å². The summed E-state index contributed by atoms with van der Waals surface area (Å²) in [6, 6.07) is 14.2. The van der Waals surface area contributed by atoms with Gasteiger partial charge in [0.2, 0.25) is 0 Å². The van der Waals surface area contributed by atoms with E-state index in [1.165, 1.54) is 0 Å². The molecule has 4 rings (SSSR count). The zero-order valence-corrected chi connectivity index (χ0v) is 16.6. The van der Waals surface area contributed by atoms with Crippen LogP contribution in [0, 0.1) is 0 Å². The van der Waals surface area contributed by atoms with E-state index in [-0.39, 0.29) is 0 Å². The predicted molar refractivity (Wildman–Crippen MR) is 112 cm³/mol. The monoisotopic (exact) mass is 427 g/mol. The standard InChI is InChI=1S/C21H22BrN3O2/c22-18-15-16(5-7-20-17-3-1-2-4-19(17)23-24-20)6-8-21(18)27-14-11-25-9-12-26-13-10-25/h1-8,15H,9-14H2,(H,23,24)/b7-5+. The number of aromatic nitrogens is 2. The molecule has 0 bridgehead atoms. The molecule has 0 amide bonds. The van der Waals surface area contributed by atoms with E-state index in [1.54, 1.807) is 0 Å². The zero-order valence-electron chi connectivity index (χ0n) is 15.0. The smallest absolute Gasteiger partial charge is 0.133 e. The van der Waals surface area contributed by atoms with Crippen molar-refractivity contribution in [2.75, 3.05) is 39.5 Å². The van der Waals surface area contributed by atoms with Gasteiger partial charge in [0.15, 0.2) is 0 Å². The van der Waals surface area contributed by atoms with Crippen molar-refractivity contribution in [2.24, 2.45) is 0 Å². The lowest BCUT2D eigenvalue weighted by Gasteiger charge is -2.26. The summed E-state index contributed by atoms with van der Waals surface area (Å²) in [5.41, 5.74) is 3.07. The molecular formula is C21H22BrN3O2. The Kier molecular flexibility index (Phi) is 5.87. The van der Waals surface area contributed by atoms with Crippen LogP contribution in [0.1, 0.15) is 11.3 Å². The van der Waals surface area contributed by atoms with E-state index >= 15 is 0 Å².